The zero-order valence-corrected chi connectivity index (χ0v) is 16.2. The molecule has 1 aliphatic rings. The van der Waals surface area contributed by atoms with Gasteiger partial charge in [-0.25, -0.2) is 4.79 Å². The number of ether oxygens (including phenoxy) is 2. The van der Waals surface area contributed by atoms with E-state index in [1.165, 1.54) is 0 Å². The second kappa shape index (κ2) is 9.13. The molecule has 0 N–H and O–H groups in total. The molecule has 5 nitrogen and oxygen atoms in total. The lowest BCUT2D eigenvalue weighted by Crippen LogP contribution is -2.47. The molecule has 6 heteroatoms. The first-order chi connectivity index (χ1) is 12.0. The Labute approximate surface area is 154 Å². The van der Waals surface area contributed by atoms with Crippen LogP contribution in [-0.4, -0.2) is 47.7 Å². The lowest BCUT2D eigenvalue weighted by atomic mass is 10.1. The van der Waals surface area contributed by atoms with Gasteiger partial charge >= 0.3 is 5.97 Å². The highest BCUT2D eigenvalue weighted by Crippen LogP contribution is 2.36. The van der Waals surface area contributed by atoms with E-state index in [2.05, 4.69) is 13.8 Å². The van der Waals surface area contributed by atoms with Crippen molar-refractivity contribution in [3.05, 3.63) is 29.8 Å². The van der Waals surface area contributed by atoms with E-state index >= 15 is 0 Å². The predicted molar refractivity (Wildman–Crippen MR) is 99.9 cm³/mol. The van der Waals surface area contributed by atoms with Crippen molar-refractivity contribution < 1.29 is 19.1 Å². The first kappa shape index (κ1) is 19.6. The molecule has 1 fully saturated rings. The van der Waals surface area contributed by atoms with Crippen molar-refractivity contribution in [2.24, 2.45) is 5.92 Å². The molecule has 0 aliphatic carbocycles. The number of nitrogens with zero attached hydrogens (tertiary/aromatic N) is 1. The fourth-order valence-corrected chi connectivity index (χ4v) is 4.32. The number of hydrogen-bond acceptors (Lipinski definition) is 5. The van der Waals surface area contributed by atoms with Crippen LogP contribution < -0.4 is 4.74 Å². The van der Waals surface area contributed by atoms with Crippen molar-refractivity contribution in [3.8, 4) is 5.75 Å². The summed E-state index contributed by atoms with van der Waals surface area (Å²) in [6.07, 6.45) is 1.80. The van der Waals surface area contributed by atoms with Crippen molar-refractivity contribution in [1.29, 1.82) is 0 Å². The molecule has 25 heavy (non-hydrogen) atoms. The van der Waals surface area contributed by atoms with Crippen LogP contribution in [0.1, 0.15) is 44.0 Å². The number of hydrogen-bond donors (Lipinski definition) is 0. The summed E-state index contributed by atoms with van der Waals surface area (Å²) in [6, 6.07) is 6.57. The zero-order valence-electron chi connectivity index (χ0n) is 15.4. The van der Waals surface area contributed by atoms with E-state index in [9.17, 15) is 9.59 Å². The molecule has 1 amide bonds. The Kier molecular flexibility index (Phi) is 7.17. The average Bonchev–Trinajstić information content (AvgIpc) is 3.06. The highest BCUT2D eigenvalue weighted by atomic mass is 32.2. The zero-order chi connectivity index (χ0) is 18.4. The van der Waals surface area contributed by atoms with Gasteiger partial charge in [0.2, 0.25) is 0 Å². The molecule has 0 radical (unpaired) electrons. The normalized spacial score (nSPS) is 20.0. The lowest BCUT2D eigenvalue weighted by Gasteiger charge is -2.31. The fourth-order valence-electron chi connectivity index (χ4n) is 2.85. The predicted octanol–water partition coefficient (Wildman–Crippen LogP) is 3.58. The highest BCUT2D eigenvalue weighted by Gasteiger charge is 2.44. The second-order valence-corrected chi connectivity index (χ2v) is 7.57. The van der Waals surface area contributed by atoms with Gasteiger partial charge in [0.1, 0.15) is 11.8 Å². The molecule has 0 saturated carbocycles. The van der Waals surface area contributed by atoms with Crippen molar-refractivity contribution in [3.63, 3.8) is 0 Å². The van der Waals surface area contributed by atoms with E-state index in [1.54, 1.807) is 42.0 Å². The minimum atomic E-state index is -0.549. The van der Waals surface area contributed by atoms with E-state index in [1.807, 2.05) is 13.0 Å². The van der Waals surface area contributed by atoms with Crippen molar-refractivity contribution in [2.75, 3.05) is 19.5 Å². The van der Waals surface area contributed by atoms with Crippen LogP contribution >= 0.6 is 11.8 Å². The summed E-state index contributed by atoms with van der Waals surface area (Å²) in [5, 5.41) is -0.0545. The average molecular weight is 365 g/mol. The summed E-state index contributed by atoms with van der Waals surface area (Å²) in [5.41, 5.74) is 0.476. The summed E-state index contributed by atoms with van der Waals surface area (Å²) >= 11 is 1.63. The number of thioether (sulfide) groups is 1. The maximum absolute atomic E-state index is 13.2. The van der Waals surface area contributed by atoms with Gasteiger partial charge in [0.05, 0.1) is 24.7 Å². The third-order valence-corrected chi connectivity index (χ3v) is 5.81. The molecule has 1 saturated heterocycles. The van der Waals surface area contributed by atoms with Crippen LogP contribution in [0.3, 0.4) is 0 Å². The minimum Gasteiger partial charge on any atom is -0.496 e. The van der Waals surface area contributed by atoms with Gasteiger partial charge < -0.3 is 14.4 Å². The molecule has 138 valence electrons. The van der Waals surface area contributed by atoms with Crippen LogP contribution in [0, 0.1) is 5.92 Å². The van der Waals surface area contributed by atoms with Crippen LogP contribution in [0.2, 0.25) is 0 Å². The Morgan fingerprint density at radius 2 is 2.04 bits per heavy atom. The van der Waals surface area contributed by atoms with Gasteiger partial charge in [0.25, 0.3) is 5.91 Å². The molecule has 0 aromatic heterocycles. The van der Waals surface area contributed by atoms with Gasteiger partial charge in [-0.3, -0.25) is 4.79 Å². The summed E-state index contributed by atoms with van der Waals surface area (Å²) in [6.45, 7) is 6.57. The molecule has 1 heterocycles. The standard InChI is InChI=1S/C19H27NO4S/c1-5-6-11-24-19(22)15-12-25-18(13(2)3)20(15)17(21)14-9-7-8-10-16(14)23-4/h7-10,13,15,18H,5-6,11-12H2,1-4H3/t15-,18-/m1/s1. The van der Waals surface area contributed by atoms with E-state index in [-0.39, 0.29) is 23.2 Å². The SMILES string of the molecule is CCCCOC(=O)[C@H]1CS[C@H](C(C)C)N1C(=O)c1ccccc1OC. The molecule has 0 spiro atoms. The third-order valence-electron chi connectivity index (χ3n) is 4.19. The van der Waals surface area contributed by atoms with Crippen molar-refractivity contribution in [2.45, 2.75) is 45.0 Å². The number of rotatable bonds is 7. The van der Waals surface area contributed by atoms with Crippen molar-refractivity contribution in [1.82, 2.24) is 4.90 Å². The molecule has 0 unspecified atom stereocenters. The smallest absolute Gasteiger partial charge is 0.329 e. The number of carbonyl (C=O) groups is 2. The Hall–Kier alpha value is -1.69. The number of unbranched alkanes of at least 4 members (excludes halogenated alkanes) is 1. The van der Waals surface area contributed by atoms with Gasteiger partial charge in [0, 0.05) is 5.75 Å². The van der Waals surface area contributed by atoms with Gasteiger partial charge in [0.15, 0.2) is 0 Å². The van der Waals surface area contributed by atoms with Crippen molar-refractivity contribution >= 4 is 23.6 Å². The number of benzene rings is 1. The number of esters is 1. The van der Waals surface area contributed by atoms with Gasteiger partial charge in [-0.2, -0.15) is 0 Å². The number of amides is 1. The van der Waals surface area contributed by atoms with Gasteiger partial charge in [-0.15, -0.1) is 11.8 Å². The Balaban J connectivity index is 2.26. The maximum atomic E-state index is 13.2. The highest BCUT2D eigenvalue weighted by molar-refractivity contribution is 8.00. The van der Waals surface area contributed by atoms with E-state index < -0.39 is 6.04 Å². The van der Waals surface area contributed by atoms with Crippen LogP contribution in [0.5, 0.6) is 5.75 Å². The van der Waals surface area contributed by atoms with E-state index in [0.717, 1.165) is 12.8 Å². The van der Waals surface area contributed by atoms with Crippen LogP contribution in [-0.2, 0) is 9.53 Å². The van der Waals surface area contributed by atoms with Crippen LogP contribution in [0.25, 0.3) is 0 Å². The second-order valence-electron chi connectivity index (χ2n) is 6.42. The molecule has 2 atom stereocenters. The van der Waals surface area contributed by atoms with Crippen LogP contribution in [0.15, 0.2) is 24.3 Å². The monoisotopic (exact) mass is 365 g/mol. The summed E-state index contributed by atoms with van der Waals surface area (Å²) < 4.78 is 10.7. The first-order valence-electron chi connectivity index (χ1n) is 8.75. The number of para-hydroxylation sites is 1. The topological polar surface area (TPSA) is 55.8 Å². The summed E-state index contributed by atoms with van der Waals surface area (Å²) in [4.78, 5) is 27.4. The Morgan fingerprint density at radius 1 is 1.32 bits per heavy atom. The molecule has 0 bridgehead atoms. The largest absolute Gasteiger partial charge is 0.496 e. The fraction of sp³-hybridized carbons (Fsp3) is 0.579. The van der Waals surface area contributed by atoms with Gasteiger partial charge in [-0.05, 0) is 24.5 Å². The first-order valence-corrected chi connectivity index (χ1v) is 9.80. The maximum Gasteiger partial charge on any atom is 0.329 e. The van der Waals surface area contributed by atoms with Gasteiger partial charge in [-0.1, -0.05) is 39.3 Å². The molecular weight excluding hydrogens is 338 g/mol. The van der Waals surface area contributed by atoms with Crippen LogP contribution in [0.4, 0.5) is 0 Å². The molecule has 1 aromatic carbocycles. The molecular formula is C19H27NO4S. The molecule has 2 rings (SSSR count). The number of carbonyl (C=O) groups excluding carboxylic acids is 2. The molecule has 1 aliphatic heterocycles. The van der Waals surface area contributed by atoms with E-state index in [4.69, 9.17) is 9.47 Å². The quantitative estimate of drug-likeness (QED) is 0.546. The summed E-state index contributed by atoms with van der Waals surface area (Å²) in [5.74, 6) is 0.822. The Morgan fingerprint density at radius 3 is 2.68 bits per heavy atom. The third kappa shape index (κ3) is 4.48. The molecule has 1 aromatic rings. The minimum absolute atomic E-state index is 0.0545. The Bertz CT molecular complexity index is 605. The van der Waals surface area contributed by atoms with E-state index in [0.29, 0.717) is 23.7 Å². The summed E-state index contributed by atoms with van der Waals surface area (Å²) in [7, 11) is 1.54. The number of methoxy groups -OCH3 is 1. The lowest BCUT2D eigenvalue weighted by molar-refractivity contribution is -0.148.